The van der Waals surface area contributed by atoms with Gasteiger partial charge in [0.05, 0.1) is 12.1 Å². The van der Waals surface area contributed by atoms with Crippen molar-refractivity contribution in [1.82, 2.24) is 9.80 Å². The fourth-order valence-electron chi connectivity index (χ4n) is 2.84. The van der Waals surface area contributed by atoms with Gasteiger partial charge in [-0.2, -0.15) is 0 Å². The molecule has 8 heteroatoms. The van der Waals surface area contributed by atoms with Crippen molar-refractivity contribution < 1.29 is 9.53 Å². The second-order valence-corrected chi connectivity index (χ2v) is 7.62. The molecular formula is C17H20ClN3O2S2. The molecule has 0 atom stereocenters. The highest BCUT2D eigenvalue weighted by atomic mass is 35.5. The number of hydrogen-bond acceptors (Lipinski definition) is 5. The van der Waals surface area contributed by atoms with Gasteiger partial charge in [0, 0.05) is 42.0 Å². The number of esters is 1. The number of carbonyl (C=O) groups excluding carboxylic acids is 1. The third kappa shape index (κ3) is 3.89. The number of likely N-dealkylation sites (N-methyl/N-ethyl adjacent to an activating group) is 1. The topological polar surface area (TPSA) is 44.8 Å². The number of halogens is 1. The number of thiophene rings is 1. The third-order valence-electron chi connectivity index (χ3n) is 4.36. The number of fused-ring (bicyclic) bond motifs is 1. The van der Waals surface area contributed by atoms with Gasteiger partial charge in [-0.05, 0) is 37.0 Å². The quantitative estimate of drug-likeness (QED) is 0.629. The van der Waals surface area contributed by atoms with Crippen molar-refractivity contribution in [2.75, 3.05) is 45.2 Å². The summed E-state index contributed by atoms with van der Waals surface area (Å²) in [4.78, 5) is 16.8. The largest absolute Gasteiger partial charge is 0.465 e. The standard InChI is InChI=1S/C17H20ClN3O2S2/c1-3-20-6-8-21(9-7-20)17(24)19-11-4-5-12-13(10-11)25-15(14(12)18)16(22)23-2/h4-5,10H,3,6-9H2,1-2H3,(H,19,24). The van der Waals surface area contributed by atoms with E-state index in [1.54, 1.807) is 0 Å². The number of thiocarbonyl (C=S) groups is 1. The number of carbonyl (C=O) groups is 1. The number of nitrogens with one attached hydrogen (secondary N) is 1. The molecule has 134 valence electrons. The Morgan fingerprint density at radius 2 is 2.08 bits per heavy atom. The van der Waals surface area contributed by atoms with Crippen LogP contribution in [0.4, 0.5) is 5.69 Å². The summed E-state index contributed by atoms with van der Waals surface area (Å²) < 4.78 is 5.70. The van der Waals surface area contributed by atoms with Crippen molar-refractivity contribution in [3.8, 4) is 0 Å². The fourth-order valence-corrected chi connectivity index (χ4v) is 4.60. The van der Waals surface area contributed by atoms with Gasteiger partial charge in [-0.3, -0.25) is 0 Å². The molecule has 1 aliphatic heterocycles. The number of anilines is 1. The molecule has 1 aliphatic rings. The first-order valence-electron chi connectivity index (χ1n) is 8.12. The van der Waals surface area contributed by atoms with Gasteiger partial charge in [-0.15, -0.1) is 11.3 Å². The Hall–Kier alpha value is -1.41. The molecule has 0 radical (unpaired) electrons. The van der Waals surface area contributed by atoms with Gasteiger partial charge < -0.3 is 19.9 Å². The molecule has 0 unspecified atom stereocenters. The molecule has 2 aromatic rings. The van der Waals surface area contributed by atoms with Crippen LogP contribution in [-0.2, 0) is 4.74 Å². The van der Waals surface area contributed by atoms with Gasteiger partial charge in [0.25, 0.3) is 0 Å². The summed E-state index contributed by atoms with van der Waals surface area (Å²) in [5, 5.41) is 5.31. The SMILES string of the molecule is CCN1CCN(C(=S)Nc2ccc3c(Cl)c(C(=O)OC)sc3c2)CC1. The summed E-state index contributed by atoms with van der Waals surface area (Å²) in [5.41, 5.74) is 0.893. The summed E-state index contributed by atoms with van der Waals surface area (Å²) in [5.74, 6) is -0.412. The second kappa shape index (κ2) is 7.86. The lowest BCUT2D eigenvalue weighted by Crippen LogP contribution is -2.49. The molecule has 1 aromatic carbocycles. The number of hydrogen-bond donors (Lipinski definition) is 1. The van der Waals surface area contributed by atoms with E-state index >= 15 is 0 Å². The smallest absolute Gasteiger partial charge is 0.349 e. The maximum Gasteiger partial charge on any atom is 0.349 e. The van der Waals surface area contributed by atoms with Crippen LogP contribution in [0.15, 0.2) is 18.2 Å². The van der Waals surface area contributed by atoms with Crippen LogP contribution in [0.25, 0.3) is 10.1 Å². The number of piperazine rings is 1. The van der Waals surface area contributed by atoms with Gasteiger partial charge in [0.15, 0.2) is 5.11 Å². The molecule has 0 amide bonds. The molecule has 0 aliphatic carbocycles. The fraction of sp³-hybridized carbons (Fsp3) is 0.412. The molecule has 0 saturated carbocycles. The van der Waals surface area contributed by atoms with Gasteiger partial charge in [-0.25, -0.2) is 4.79 Å². The van der Waals surface area contributed by atoms with Crippen LogP contribution in [-0.4, -0.2) is 60.7 Å². The van der Waals surface area contributed by atoms with Crippen molar-refractivity contribution in [3.63, 3.8) is 0 Å². The first kappa shape index (κ1) is 18.4. The van der Waals surface area contributed by atoms with E-state index in [1.807, 2.05) is 18.2 Å². The van der Waals surface area contributed by atoms with E-state index in [-0.39, 0.29) is 0 Å². The lowest BCUT2D eigenvalue weighted by molar-refractivity contribution is 0.0606. The van der Waals surface area contributed by atoms with E-state index in [0.717, 1.165) is 53.6 Å². The lowest BCUT2D eigenvalue weighted by atomic mass is 10.2. The minimum atomic E-state index is -0.412. The maximum absolute atomic E-state index is 11.8. The second-order valence-electron chi connectivity index (χ2n) is 5.80. The Bertz CT molecular complexity index is 801. The van der Waals surface area contributed by atoms with Crippen LogP contribution >= 0.6 is 35.2 Å². The Labute approximate surface area is 161 Å². The molecule has 1 saturated heterocycles. The zero-order chi connectivity index (χ0) is 18.0. The minimum absolute atomic E-state index is 0.412. The number of rotatable bonds is 3. The van der Waals surface area contributed by atoms with Crippen LogP contribution in [0.3, 0.4) is 0 Å². The van der Waals surface area contributed by atoms with Crippen molar-refractivity contribution in [2.24, 2.45) is 0 Å². The molecule has 1 fully saturated rings. The normalized spacial score (nSPS) is 15.4. The number of ether oxygens (including phenoxy) is 1. The van der Waals surface area contributed by atoms with E-state index in [0.29, 0.717) is 9.90 Å². The van der Waals surface area contributed by atoms with Crippen LogP contribution in [0.1, 0.15) is 16.6 Å². The molecule has 25 heavy (non-hydrogen) atoms. The van der Waals surface area contributed by atoms with Crippen molar-refractivity contribution >= 4 is 62.0 Å². The zero-order valence-electron chi connectivity index (χ0n) is 14.2. The minimum Gasteiger partial charge on any atom is -0.465 e. The van der Waals surface area contributed by atoms with Crippen LogP contribution in [0, 0.1) is 0 Å². The average Bonchev–Trinajstić information content (AvgIpc) is 2.97. The highest BCUT2D eigenvalue weighted by Gasteiger charge is 2.20. The van der Waals surface area contributed by atoms with Crippen molar-refractivity contribution in [3.05, 3.63) is 28.1 Å². The molecule has 0 spiro atoms. The van der Waals surface area contributed by atoms with E-state index < -0.39 is 5.97 Å². The number of methoxy groups -OCH3 is 1. The number of nitrogens with zero attached hydrogens (tertiary/aromatic N) is 2. The average molecular weight is 398 g/mol. The third-order valence-corrected chi connectivity index (χ3v) is 6.36. The van der Waals surface area contributed by atoms with Crippen LogP contribution in [0.2, 0.25) is 5.02 Å². The van der Waals surface area contributed by atoms with Gasteiger partial charge >= 0.3 is 5.97 Å². The van der Waals surface area contributed by atoms with Crippen molar-refractivity contribution in [1.29, 1.82) is 0 Å². The van der Waals surface area contributed by atoms with Gasteiger partial charge in [-0.1, -0.05) is 18.5 Å². The Kier molecular flexibility index (Phi) is 5.78. The van der Waals surface area contributed by atoms with Crippen molar-refractivity contribution in [2.45, 2.75) is 6.92 Å². The van der Waals surface area contributed by atoms with E-state index in [9.17, 15) is 4.79 Å². The first-order valence-corrected chi connectivity index (χ1v) is 9.72. The highest BCUT2D eigenvalue weighted by molar-refractivity contribution is 7.80. The molecule has 0 bridgehead atoms. The van der Waals surface area contributed by atoms with E-state index in [2.05, 4.69) is 22.0 Å². The molecule has 1 N–H and O–H groups in total. The number of benzene rings is 1. The molecule has 5 nitrogen and oxygen atoms in total. The van der Waals surface area contributed by atoms with Crippen LogP contribution in [0.5, 0.6) is 0 Å². The Morgan fingerprint density at radius 3 is 2.72 bits per heavy atom. The Balaban J connectivity index is 1.74. The van der Waals surface area contributed by atoms with Gasteiger partial charge in [0.2, 0.25) is 0 Å². The molecule has 1 aromatic heterocycles. The predicted octanol–water partition coefficient (Wildman–Crippen LogP) is 3.68. The molecule has 3 rings (SSSR count). The Morgan fingerprint density at radius 1 is 1.36 bits per heavy atom. The summed E-state index contributed by atoms with van der Waals surface area (Å²) >= 11 is 13.2. The predicted molar refractivity (Wildman–Crippen MR) is 108 cm³/mol. The zero-order valence-corrected chi connectivity index (χ0v) is 16.6. The van der Waals surface area contributed by atoms with E-state index in [1.165, 1.54) is 18.4 Å². The maximum atomic E-state index is 11.8. The molecular weight excluding hydrogens is 378 g/mol. The molecule has 2 heterocycles. The van der Waals surface area contributed by atoms with Crippen LogP contribution < -0.4 is 5.32 Å². The summed E-state index contributed by atoms with van der Waals surface area (Å²) in [6.45, 7) is 7.17. The monoisotopic (exact) mass is 397 g/mol. The summed E-state index contributed by atoms with van der Waals surface area (Å²) in [7, 11) is 1.35. The summed E-state index contributed by atoms with van der Waals surface area (Å²) in [6, 6.07) is 5.80. The summed E-state index contributed by atoms with van der Waals surface area (Å²) in [6.07, 6.45) is 0. The van der Waals surface area contributed by atoms with E-state index in [4.69, 9.17) is 28.6 Å². The lowest BCUT2D eigenvalue weighted by Gasteiger charge is -2.35. The first-order chi connectivity index (χ1) is 12.0. The van der Waals surface area contributed by atoms with Gasteiger partial charge in [0.1, 0.15) is 4.88 Å². The highest BCUT2D eigenvalue weighted by Crippen LogP contribution is 2.37.